The van der Waals surface area contributed by atoms with E-state index in [9.17, 15) is 4.79 Å². The van der Waals surface area contributed by atoms with Crippen LogP contribution in [0.4, 0.5) is 0 Å². The van der Waals surface area contributed by atoms with E-state index in [1.165, 1.54) is 0 Å². The number of carbonyl (C=O) groups is 1. The number of hydrogen-bond donors (Lipinski definition) is 2. The van der Waals surface area contributed by atoms with Crippen molar-refractivity contribution >= 4 is 11.6 Å². The number of hydrogen-bond acceptors (Lipinski definition) is 4. The highest BCUT2D eigenvalue weighted by atomic mass is 16.1. The van der Waals surface area contributed by atoms with Crippen LogP contribution < -0.4 is 10.6 Å². The van der Waals surface area contributed by atoms with E-state index in [0.29, 0.717) is 12.6 Å². The number of rotatable bonds is 5. The summed E-state index contributed by atoms with van der Waals surface area (Å²) >= 11 is 0. The largest absolute Gasteiger partial charge is 0.361 e. The van der Waals surface area contributed by atoms with Gasteiger partial charge in [-0.05, 0) is 0 Å². The van der Waals surface area contributed by atoms with Crippen molar-refractivity contribution < 1.29 is 4.79 Å². The molecule has 1 rings (SSSR count). The molecule has 1 atom stereocenters. The predicted octanol–water partition coefficient (Wildman–Crippen LogP) is 0.580. The fourth-order valence-electron chi connectivity index (χ4n) is 1.47. The van der Waals surface area contributed by atoms with E-state index in [1.54, 1.807) is 0 Å². The fraction of sp³-hybridized carbons (Fsp3) is 0.818. The molecule has 0 saturated carbocycles. The van der Waals surface area contributed by atoms with E-state index in [2.05, 4.69) is 29.5 Å². The molecular formula is C11H21N3O. The van der Waals surface area contributed by atoms with Crippen molar-refractivity contribution in [3.8, 4) is 0 Å². The quantitative estimate of drug-likeness (QED) is 0.699. The molecule has 1 unspecified atom stereocenters. The van der Waals surface area contributed by atoms with Crippen molar-refractivity contribution in [2.45, 2.75) is 39.8 Å². The van der Waals surface area contributed by atoms with E-state index in [0.717, 1.165) is 12.4 Å². The van der Waals surface area contributed by atoms with Crippen LogP contribution in [-0.4, -0.2) is 36.8 Å². The van der Waals surface area contributed by atoms with E-state index in [4.69, 9.17) is 0 Å². The third kappa shape index (κ3) is 3.63. The van der Waals surface area contributed by atoms with Crippen molar-refractivity contribution in [2.24, 2.45) is 10.9 Å². The van der Waals surface area contributed by atoms with Gasteiger partial charge in [0.2, 0.25) is 0 Å². The Kier molecular flexibility index (Phi) is 4.27. The van der Waals surface area contributed by atoms with E-state index < -0.39 is 0 Å². The third-order valence-electron chi connectivity index (χ3n) is 2.40. The van der Waals surface area contributed by atoms with Gasteiger partial charge in [0.15, 0.2) is 5.78 Å². The number of nitrogens with zero attached hydrogens (tertiary/aromatic N) is 1. The van der Waals surface area contributed by atoms with Crippen LogP contribution in [0, 0.1) is 5.92 Å². The fourth-order valence-corrected chi connectivity index (χ4v) is 1.47. The van der Waals surface area contributed by atoms with E-state index >= 15 is 0 Å². The summed E-state index contributed by atoms with van der Waals surface area (Å²) in [7, 11) is 0. The van der Waals surface area contributed by atoms with Crippen molar-refractivity contribution in [3.05, 3.63) is 0 Å². The molecule has 0 aromatic heterocycles. The smallest absolute Gasteiger partial charge is 0.159 e. The summed E-state index contributed by atoms with van der Waals surface area (Å²) in [4.78, 5) is 16.0. The number of aliphatic imine (C=N–C) groups is 1. The lowest BCUT2D eigenvalue weighted by Crippen LogP contribution is -2.43. The summed E-state index contributed by atoms with van der Waals surface area (Å²) in [5.41, 5.74) is 0. The number of amidine groups is 1. The van der Waals surface area contributed by atoms with Gasteiger partial charge < -0.3 is 10.6 Å². The highest BCUT2D eigenvalue weighted by Gasteiger charge is 2.25. The highest BCUT2D eigenvalue weighted by molar-refractivity contribution is 5.95. The minimum Gasteiger partial charge on any atom is -0.361 e. The maximum absolute atomic E-state index is 11.7. The molecule has 0 amide bonds. The van der Waals surface area contributed by atoms with Crippen LogP contribution >= 0.6 is 0 Å². The zero-order valence-electron chi connectivity index (χ0n) is 10.0. The van der Waals surface area contributed by atoms with Gasteiger partial charge in [0.05, 0.1) is 13.1 Å². The van der Waals surface area contributed by atoms with Gasteiger partial charge in [-0.15, -0.1) is 0 Å². The summed E-state index contributed by atoms with van der Waals surface area (Å²) in [6, 6.07) is 0.336. The molecule has 15 heavy (non-hydrogen) atoms. The first kappa shape index (κ1) is 12.2. The minimum atomic E-state index is -0.103. The second-order valence-electron chi connectivity index (χ2n) is 4.58. The average Bonchev–Trinajstić information content (AvgIpc) is 2.61. The lowest BCUT2D eigenvalue weighted by Gasteiger charge is -2.14. The molecule has 0 radical (unpaired) electrons. The second kappa shape index (κ2) is 5.26. The molecule has 0 spiro atoms. The Morgan fingerprint density at radius 2 is 2.20 bits per heavy atom. The normalized spacial score (nSPS) is 20.7. The monoisotopic (exact) mass is 211 g/mol. The van der Waals surface area contributed by atoms with Crippen molar-refractivity contribution in [3.63, 3.8) is 0 Å². The Morgan fingerprint density at radius 3 is 2.73 bits per heavy atom. The maximum Gasteiger partial charge on any atom is 0.159 e. The van der Waals surface area contributed by atoms with Gasteiger partial charge in [-0.2, -0.15) is 0 Å². The molecule has 2 N–H and O–H groups in total. The lowest BCUT2D eigenvalue weighted by atomic mass is 10.0. The molecule has 1 aliphatic heterocycles. The molecular weight excluding hydrogens is 190 g/mol. The topological polar surface area (TPSA) is 53.5 Å². The first-order valence-electron chi connectivity index (χ1n) is 5.57. The van der Waals surface area contributed by atoms with Gasteiger partial charge in [0.1, 0.15) is 11.9 Å². The van der Waals surface area contributed by atoms with Gasteiger partial charge >= 0.3 is 0 Å². The first-order valence-corrected chi connectivity index (χ1v) is 5.57. The molecule has 4 nitrogen and oxygen atoms in total. The molecule has 0 aliphatic carbocycles. The van der Waals surface area contributed by atoms with E-state index in [-0.39, 0.29) is 17.7 Å². The lowest BCUT2D eigenvalue weighted by molar-refractivity contribution is -0.123. The van der Waals surface area contributed by atoms with Crippen LogP contribution in [-0.2, 0) is 4.79 Å². The van der Waals surface area contributed by atoms with Crippen LogP contribution in [0.15, 0.2) is 4.99 Å². The highest BCUT2D eigenvalue weighted by Crippen LogP contribution is 2.04. The van der Waals surface area contributed by atoms with Gasteiger partial charge in [-0.3, -0.25) is 9.79 Å². The standard InChI is InChI=1S/C11H21N3O/c1-7(2)11(15)9-5-13-10(14-9)6-12-8(3)4/h7-9,12H,5-6H2,1-4H3,(H,13,14). The summed E-state index contributed by atoms with van der Waals surface area (Å²) in [6.45, 7) is 9.34. The van der Waals surface area contributed by atoms with Crippen LogP contribution in [0.5, 0.6) is 0 Å². The molecule has 0 aromatic carbocycles. The Labute approximate surface area is 91.5 Å². The van der Waals surface area contributed by atoms with E-state index in [1.807, 2.05) is 13.8 Å². The first-order chi connectivity index (χ1) is 7.00. The summed E-state index contributed by atoms with van der Waals surface area (Å²) in [5.74, 6) is 1.23. The summed E-state index contributed by atoms with van der Waals surface area (Å²) < 4.78 is 0. The Balaban J connectivity index is 2.34. The number of ketones is 1. The molecule has 86 valence electrons. The van der Waals surface area contributed by atoms with Crippen molar-refractivity contribution in [1.29, 1.82) is 0 Å². The van der Waals surface area contributed by atoms with Gasteiger partial charge in [0, 0.05) is 12.0 Å². The number of carbonyl (C=O) groups excluding carboxylic acids is 1. The molecule has 1 aliphatic rings. The Bertz CT molecular complexity index is 259. The molecule has 0 aromatic rings. The average molecular weight is 211 g/mol. The molecule has 0 bridgehead atoms. The predicted molar refractivity (Wildman–Crippen MR) is 62.2 cm³/mol. The zero-order chi connectivity index (χ0) is 11.4. The molecule has 4 heteroatoms. The molecule has 0 saturated heterocycles. The van der Waals surface area contributed by atoms with Crippen LogP contribution in [0.2, 0.25) is 0 Å². The van der Waals surface area contributed by atoms with Crippen LogP contribution in [0.1, 0.15) is 27.7 Å². The van der Waals surface area contributed by atoms with Crippen molar-refractivity contribution in [1.82, 2.24) is 10.6 Å². The van der Waals surface area contributed by atoms with Crippen molar-refractivity contribution in [2.75, 3.05) is 13.1 Å². The van der Waals surface area contributed by atoms with Gasteiger partial charge in [-0.1, -0.05) is 27.7 Å². The molecule has 0 fully saturated rings. The SMILES string of the molecule is CC(C)NCC1=NCC(C(=O)C(C)C)N1. The number of nitrogens with one attached hydrogen (secondary N) is 2. The summed E-state index contributed by atoms with van der Waals surface area (Å²) in [5, 5.41) is 6.44. The second-order valence-corrected chi connectivity index (χ2v) is 4.58. The van der Waals surface area contributed by atoms with Crippen LogP contribution in [0.3, 0.4) is 0 Å². The molecule has 1 heterocycles. The van der Waals surface area contributed by atoms with Crippen LogP contribution in [0.25, 0.3) is 0 Å². The van der Waals surface area contributed by atoms with Gasteiger partial charge in [0.25, 0.3) is 0 Å². The van der Waals surface area contributed by atoms with Gasteiger partial charge in [-0.25, -0.2) is 0 Å². The number of Topliss-reactive ketones (excluding diaryl/α,β-unsaturated/α-hetero) is 1. The zero-order valence-corrected chi connectivity index (χ0v) is 10.0. The maximum atomic E-state index is 11.7. The third-order valence-corrected chi connectivity index (χ3v) is 2.40. The Morgan fingerprint density at radius 1 is 1.53 bits per heavy atom. The Hall–Kier alpha value is -0.900. The minimum absolute atomic E-state index is 0.0788. The summed E-state index contributed by atoms with van der Waals surface area (Å²) in [6.07, 6.45) is 0.